The van der Waals surface area contributed by atoms with E-state index in [1.807, 2.05) is 52.0 Å². The van der Waals surface area contributed by atoms with Gasteiger partial charge in [-0.25, -0.2) is 4.79 Å². The maximum Gasteiger partial charge on any atom is 0.407 e. The van der Waals surface area contributed by atoms with Gasteiger partial charge in [0, 0.05) is 36.9 Å². The number of carbonyl (C=O) groups excluding carboxylic acids is 1. The van der Waals surface area contributed by atoms with E-state index < -0.39 is 11.7 Å². The van der Waals surface area contributed by atoms with Crippen LogP contribution in [0.1, 0.15) is 40.5 Å². The topological polar surface area (TPSA) is 82.5 Å². The molecule has 0 bridgehead atoms. The Bertz CT molecular complexity index is 1120. The van der Waals surface area contributed by atoms with Crippen LogP contribution in [0, 0.1) is 0 Å². The monoisotopic (exact) mass is 411 g/mol. The fourth-order valence-electron chi connectivity index (χ4n) is 3.36. The van der Waals surface area contributed by atoms with Crippen molar-refractivity contribution in [2.45, 2.75) is 52.2 Å². The lowest BCUT2D eigenvalue weighted by molar-refractivity contribution is 0.0505. The zero-order valence-electron chi connectivity index (χ0n) is 18.2. The maximum atomic E-state index is 12.6. The van der Waals surface area contributed by atoms with E-state index in [2.05, 4.69) is 10.3 Å². The summed E-state index contributed by atoms with van der Waals surface area (Å²) in [7, 11) is 1.75. The SMILES string of the molecule is CC(CCCOc1ccc2c3ccncc3c(=O)n(C)c2c1)NC(=O)OC(C)(C)C. The van der Waals surface area contributed by atoms with Crippen LogP contribution in [0.25, 0.3) is 21.7 Å². The average molecular weight is 412 g/mol. The molecule has 2 aromatic heterocycles. The molecule has 1 unspecified atom stereocenters. The van der Waals surface area contributed by atoms with Crippen LogP contribution in [-0.2, 0) is 11.8 Å². The number of benzene rings is 1. The van der Waals surface area contributed by atoms with Crippen LogP contribution >= 0.6 is 0 Å². The predicted octanol–water partition coefficient (Wildman–Crippen LogP) is 4.16. The first-order chi connectivity index (χ1) is 14.2. The van der Waals surface area contributed by atoms with E-state index in [-0.39, 0.29) is 11.6 Å². The summed E-state index contributed by atoms with van der Waals surface area (Å²) < 4.78 is 12.8. The second kappa shape index (κ2) is 8.73. The molecule has 7 heteroatoms. The van der Waals surface area contributed by atoms with Crippen molar-refractivity contribution in [3.05, 3.63) is 47.0 Å². The Balaban J connectivity index is 1.61. The minimum absolute atomic E-state index is 0.0131. The van der Waals surface area contributed by atoms with Gasteiger partial charge in [-0.3, -0.25) is 9.78 Å². The fraction of sp³-hybridized carbons (Fsp3) is 0.435. The number of aromatic nitrogens is 2. The molecular weight excluding hydrogens is 382 g/mol. The van der Waals surface area contributed by atoms with Gasteiger partial charge in [0.1, 0.15) is 11.4 Å². The summed E-state index contributed by atoms with van der Waals surface area (Å²) in [5.41, 5.74) is 0.228. The zero-order chi connectivity index (χ0) is 21.9. The first kappa shape index (κ1) is 21.6. The van der Waals surface area contributed by atoms with Crippen molar-refractivity contribution in [3.63, 3.8) is 0 Å². The van der Waals surface area contributed by atoms with E-state index in [1.54, 1.807) is 24.0 Å². The third-order valence-electron chi connectivity index (χ3n) is 4.79. The number of aryl methyl sites for hydroxylation is 1. The first-order valence-electron chi connectivity index (χ1n) is 10.1. The van der Waals surface area contributed by atoms with Crippen molar-refractivity contribution in [2.75, 3.05) is 6.61 Å². The molecule has 30 heavy (non-hydrogen) atoms. The van der Waals surface area contributed by atoms with Crippen molar-refractivity contribution in [2.24, 2.45) is 7.05 Å². The Morgan fingerprint density at radius 3 is 2.70 bits per heavy atom. The number of fused-ring (bicyclic) bond motifs is 3. The Hall–Kier alpha value is -3.09. The van der Waals surface area contributed by atoms with E-state index in [1.165, 1.54) is 0 Å². The number of ether oxygens (including phenoxy) is 2. The Kier molecular flexibility index (Phi) is 6.29. The molecule has 0 radical (unpaired) electrons. The van der Waals surface area contributed by atoms with E-state index in [0.29, 0.717) is 17.7 Å². The van der Waals surface area contributed by atoms with E-state index in [9.17, 15) is 9.59 Å². The lowest BCUT2D eigenvalue weighted by atomic mass is 10.1. The molecule has 0 fully saturated rings. The van der Waals surface area contributed by atoms with Crippen LogP contribution in [-0.4, -0.2) is 33.9 Å². The minimum atomic E-state index is -0.509. The molecule has 0 aliphatic carbocycles. The lowest BCUT2D eigenvalue weighted by Gasteiger charge is -2.22. The summed E-state index contributed by atoms with van der Waals surface area (Å²) in [5.74, 6) is 0.707. The van der Waals surface area contributed by atoms with E-state index in [4.69, 9.17) is 9.47 Å². The highest BCUT2D eigenvalue weighted by molar-refractivity contribution is 6.05. The van der Waals surface area contributed by atoms with Gasteiger partial charge in [-0.1, -0.05) is 0 Å². The summed E-state index contributed by atoms with van der Waals surface area (Å²) >= 11 is 0. The Morgan fingerprint density at radius 1 is 1.20 bits per heavy atom. The lowest BCUT2D eigenvalue weighted by Crippen LogP contribution is -2.37. The maximum absolute atomic E-state index is 12.6. The number of amides is 1. The van der Waals surface area contributed by atoms with E-state index in [0.717, 1.165) is 29.1 Å². The van der Waals surface area contributed by atoms with Crippen LogP contribution in [0.2, 0.25) is 0 Å². The number of nitrogens with one attached hydrogen (secondary N) is 1. The second-order valence-corrected chi connectivity index (χ2v) is 8.50. The quantitative estimate of drug-likeness (QED) is 0.486. The van der Waals surface area contributed by atoms with Crippen molar-refractivity contribution in [3.8, 4) is 5.75 Å². The average Bonchev–Trinajstić information content (AvgIpc) is 2.68. The fourth-order valence-corrected chi connectivity index (χ4v) is 3.36. The number of pyridine rings is 2. The van der Waals surface area contributed by atoms with Crippen molar-refractivity contribution >= 4 is 27.8 Å². The molecule has 0 saturated carbocycles. The third kappa shape index (κ3) is 5.09. The highest BCUT2D eigenvalue weighted by atomic mass is 16.6. The number of rotatable bonds is 6. The second-order valence-electron chi connectivity index (χ2n) is 8.50. The minimum Gasteiger partial charge on any atom is -0.494 e. The summed E-state index contributed by atoms with van der Waals surface area (Å²) in [6.07, 6.45) is 4.43. The third-order valence-corrected chi connectivity index (χ3v) is 4.79. The van der Waals surface area contributed by atoms with Crippen molar-refractivity contribution < 1.29 is 14.3 Å². The molecule has 0 spiro atoms. The van der Waals surface area contributed by atoms with Gasteiger partial charge >= 0.3 is 6.09 Å². The smallest absolute Gasteiger partial charge is 0.407 e. The van der Waals surface area contributed by atoms with Crippen molar-refractivity contribution in [1.82, 2.24) is 14.9 Å². The molecule has 160 valence electrons. The number of hydrogen-bond acceptors (Lipinski definition) is 5. The summed E-state index contributed by atoms with van der Waals surface area (Å²) in [5, 5.41) is 5.30. The highest BCUT2D eigenvalue weighted by Gasteiger charge is 2.17. The molecule has 0 aliphatic rings. The zero-order valence-corrected chi connectivity index (χ0v) is 18.2. The molecule has 3 rings (SSSR count). The van der Waals surface area contributed by atoms with Crippen LogP contribution in [0.15, 0.2) is 41.5 Å². The molecule has 1 atom stereocenters. The van der Waals surface area contributed by atoms with E-state index >= 15 is 0 Å². The Morgan fingerprint density at radius 2 is 1.97 bits per heavy atom. The van der Waals surface area contributed by atoms with Gasteiger partial charge in [0.15, 0.2) is 0 Å². The van der Waals surface area contributed by atoms with Crippen LogP contribution in [0.4, 0.5) is 4.79 Å². The van der Waals surface area contributed by atoms with Gasteiger partial charge in [-0.2, -0.15) is 0 Å². The summed E-state index contributed by atoms with van der Waals surface area (Å²) in [4.78, 5) is 28.5. The number of nitrogens with zero attached hydrogens (tertiary/aromatic N) is 2. The van der Waals surface area contributed by atoms with Gasteiger partial charge in [0.05, 0.1) is 17.5 Å². The molecule has 1 aromatic carbocycles. The first-order valence-corrected chi connectivity index (χ1v) is 10.1. The van der Waals surface area contributed by atoms with Gasteiger partial charge in [-0.15, -0.1) is 0 Å². The highest BCUT2D eigenvalue weighted by Crippen LogP contribution is 2.25. The predicted molar refractivity (Wildman–Crippen MR) is 118 cm³/mol. The molecule has 0 saturated heterocycles. The standard InChI is InChI=1S/C23H29N3O4/c1-15(25-22(28)30-23(2,3)4)7-6-12-29-16-8-9-18-17-10-11-24-14-19(17)21(27)26(5)20(18)13-16/h8-11,13-15H,6-7,12H2,1-5H3,(H,25,28). The Labute approximate surface area is 176 Å². The number of alkyl carbamates (subject to hydrolysis) is 1. The van der Waals surface area contributed by atoms with Crippen LogP contribution < -0.4 is 15.6 Å². The molecule has 2 heterocycles. The van der Waals surface area contributed by atoms with Crippen LogP contribution in [0.5, 0.6) is 5.75 Å². The van der Waals surface area contributed by atoms with Crippen molar-refractivity contribution in [1.29, 1.82) is 0 Å². The normalized spacial score (nSPS) is 12.7. The molecule has 0 aliphatic heterocycles. The van der Waals surface area contributed by atoms with Gasteiger partial charge < -0.3 is 19.4 Å². The molecule has 1 amide bonds. The van der Waals surface area contributed by atoms with Gasteiger partial charge in [0.25, 0.3) is 5.56 Å². The van der Waals surface area contributed by atoms with Gasteiger partial charge in [0.2, 0.25) is 0 Å². The number of carbonyl (C=O) groups is 1. The van der Waals surface area contributed by atoms with Crippen LogP contribution in [0.3, 0.4) is 0 Å². The molecule has 3 aromatic rings. The summed E-state index contributed by atoms with van der Waals surface area (Å²) in [6.45, 7) is 7.96. The molecular formula is C23H29N3O4. The molecule has 7 nitrogen and oxygen atoms in total. The number of hydrogen-bond donors (Lipinski definition) is 1. The largest absolute Gasteiger partial charge is 0.494 e. The summed E-state index contributed by atoms with van der Waals surface area (Å²) in [6, 6.07) is 7.62. The van der Waals surface area contributed by atoms with Gasteiger partial charge in [-0.05, 0) is 64.1 Å². The molecule has 1 N–H and O–H groups in total.